The van der Waals surface area contributed by atoms with Crippen molar-refractivity contribution in [3.63, 3.8) is 0 Å². The van der Waals surface area contributed by atoms with Gasteiger partial charge in [-0.25, -0.2) is 0 Å². The first kappa shape index (κ1) is 11.7. The quantitative estimate of drug-likeness (QED) is 0.667. The summed E-state index contributed by atoms with van der Waals surface area (Å²) in [5.41, 5.74) is 1.26. The fourth-order valence-electron chi connectivity index (χ4n) is 1.64. The molecule has 80 valence electrons. The van der Waals surface area contributed by atoms with E-state index >= 15 is 0 Å². The SMILES string of the molecule is C#CC(c1ccc(OC)cc1)C(C)(C)C. The van der Waals surface area contributed by atoms with Crippen LogP contribution in [0.3, 0.4) is 0 Å². The molecule has 0 fully saturated rings. The zero-order valence-corrected chi connectivity index (χ0v) is 9.87. The van der Waals surface area contributed by atoms with Gasteiger partial charge in [0.25, 0.3) is 0 Å². The van der Waals surface area contributed by atoms with Crippen LogP contribution in [-0.4, -0.2) is 7.11 Å². The van der Waals surface area contributed by atoms with Crippen molar-refractivity contribution in [2.75, 3.05) is 7.11 Å². The van der Waals surface area contributed by atoms with Gasteiger partial charge in [0.05, 0.1) is 7.11 Å². The molecule has 1 atom stereocenters. The van der Waals surface area contributed by atoms with Crippen LogP contribution in [0.4, 0.5) is 0 Å². The minimum absolute atomic E-state index is 0.0866. The van der Waals surface area contributed by atoms with Crippen LogP contribution < -0.4 is 4.74 Å². The second kappa shape index (κ2) is 4.40. The maximum atomic E-state index is 5.58. The van der Waals surface area contributed by atoms with E-state index in [-0.39, 0.29) is 11.3 Å². The van der Waals surface area contributed by atoms with Gasteiger partial charge in [0.1, 0.15) is 5.75 Å². The topological polar surface area (TPSA) is 9.23 Å². The Hall–Kier alpha value is -1.42. The second-order valence-corrected chi connectivity index (χ2v) is 4.74. The average Bonchev–Trinajstić information content (AvgIpc) is 2.18. The molecule has 0 saturated heterocycles. The van der Waals surface area contributed by atoms with Crippen molar-refractivity contribution in [1.82, 2.24) is 0 Å². The molecule has 1 nitrogen and oxygen atoms in total. The molecule has 0 amide bonds. The number of rotatable bonds is 2. The summed E-state index contributed by atoms with van der Waals surface area (Å²) in [5.74, 6) is 3.86. The first-order valence-corrected chi connectivity index (χ1v) is 5.09. The molecule has 0 spiro atoms. The highest BCUT2D eigenvalue weighted by Gasteiger charge is 2.23. The molecule has 0 heterocycles. The highest BCUT2D eigenvalue weighted by atomic mass is 16.5. The van der Waals surface area contributed by atoms with E-state index in [0.29, 0.717) is 0 Å². The van der Waals surface area contributed by atoms with Crippen LogP contribution in [0.15, 0.2) is 24.3 Å². The number of methoxy groups -OCH3 is 1. The van der Waals surface area contributed by atoms with Crippen molar-refractivity contribution in [3.05, 3.63) is 29.8 Å². The van der Waals surface area contributed by atoms with Crippen LogP contribution in [0.1, 0.15) is 32.3 Å². The van der Waals surface area contributed by atoms with Gasteiger partial charge in [0.2, 0.25) is 0 Å². The number of ether oxygens (including phenoxy) is 1. The largest absolute Gasteiger partial charge is 0.497 e. The Morgan fingerprint density at radius 2 is 1.73 bits per heavy atom. The Morgan fingerprint density at radius 3 is 2.07 bits per heavy atom. The third-order valence-corrected chi connectivity index (χ3v) is 2.48. The van der Waals surface area contributed by atoms with E-state index in [1.807, 2.05) is 24.3 Å². The first-order valence-electron chi connectivity index (χ1n) is 5.09. The third kappa shape index (κ3) is 2.76. The lowest BCUT2D eigenvalue weighted by Gasteiger charge is -2.26. The van der Waals surface area contributed by atoms with Gasteiger partial charge in [-0.3, -0.25) is 0 Å². The summed E-state index contributed by atoms with van der Waals surface area (Å²) in [7, 11) is 1.66. The Morgan fingerprint density at radius 1 is 1.20 bits per heavy atom. The van der Waals surface area contributed by atoms with Crippen molar-refractivity contribution in [1.29, 1.82) is 0 Å². The van der Waals surface area contributed by atoms with Crippen molar-refractivity contribution >= 4 is 0 Å². The summed E-state index contributed by atoms with van der Waals surface area (Å²) >= 11 is 0. The number of hydrogen-bond acceptors (Lipinski definition) is 1. The van der Waals surface area contributed by atoms with Crippen LogP contribution in [0.2, 0.25) is 0 Å². The number of benzene rings is 1. The fourth-order valence-corrected chi connectivity index (χ4v) is 1.64. The summed E-state index contributed by atoms with van der Waals surface area (Å²) in [5, 5.41) is 0. The van der Waals surface area contributed by atoms with Crippen LogP contribution in [-0.2, 0) is 0 Å². The van der Waals surface area contributed by atoms with E-state index in [1.165, 1.54) is 5.56 Å². The van der Waals surface area contributed by atoms with Crippen LogP contribution in [0.25, 0.3) is 0 Å². The summed E-state index contributed by atoms with van der Waals surface area (Å²) in [6.45, 7) is 6.46. The molecule has 1 rings (SSSR count). The normalized spacial score (nSPS) is 13.0. The zero-order chi connectivity index (χ0) is 11.5. The summed E-state index contributed by atoms with van der Waals surface area (Å²) in [6, 6.07) is 7.97. The lowest BCUT2D eigenvalue weighted by molar-refractivity contribution is 0.374. The standard InChI is InChI=1S/C14H18O/c1-6-13(14(2,3)4)11-7-9-12(15-5)10-8-11/h1,7-10,13H,2-5H3. The second-order valence-electron chi connectivity index (χ2n) is 4.74. The predicted molar refractivity (Wildman–Crippen MR) is 64.0 cm³/mol. The van der Waals surface area contributed by atoms with E-state index in [9.17, 15) is 0 Å². The van der Waals surface area contributed by atoms with Gasteiger partial charge in [0, 0.05) is 5.92 Å². The lowest BCUT2D eigenvalue weighted by Crippen LogP contribution is -2.16. The monoisotopic (exact) mass is 202 g/mol. The molecular formula is C14H18O. The third-order valence-electron chi connectivity index (χ3n) is 2.48. The van der Waals surface area contributed by atoms with E-state index < -0.39 is 0 Å². The van der Waals surface area contributed by atoms with Crippen molar-refractivity contribution in [2.24, 2.45) is 5.41 Å². The molecule has 15 heavy (non-hydrogen) atoms. The van der Waals surface area contributed by atoms with Gasteiger partial charge in [0.15, 0.2) is 0 Å². The first-order chi connectivity index (χ1) is 6.99. The zero-order valence-electron chi connectivity index (χ0n) is 9.87. The molecule has 0 saturated carbocycles. The highest BCUT2D eigenvalue weighted by molar-refractivity contribution is 5.34. The summed E-state index contributed by atoms with van der Waals surface area (Å²) in [4.78, 5) is 0. The summed E-state index contributed by atoms with van der Waals surface area (Å²) in [6.07, 6.45) is 5.58. The Kier molecular flexibility index (Phi) is 3.42. The molecular weight excluding hydrogens is 184 g/mol. The molecule has 0 aliphatic rings. The maximum absolute atomic E-state index is 5.58. The highest BCUT2D eigenvalue weighted by Crippen LogP contribution is 2.34. The van der Waals surface area contributed by atoms with Crippen LogP contribution in [0, 0.1) is 17.8 Å². The maximum Gasteiger partial charge on any atom is 0.118 e. The molecule has 1 aromatic carbocycles. The molecule has 0 aliphatic heterocycles. The van der Waals surface area contributed by atoms with Gasteiger partial charge in [-0.1, -0.05) is 38.8 Å². The van der Waals surface area contributed by atoms with Crippen LogP contribution >= 0.6 is 0 Å². The van der Waals surface area contributed by atoms with Gasteiger partial charge in [-0.2, -0.15) is 0 Å². The molecule has 0 N–H and O–H groups in total. The molecule has 0 aromatic heterocycles. The van der Waals surface area contributed by atoms with Gasteiger partial charge in [-0.05, 0) is 23.1 Å². The average molecular weight is 202 g/mol. The van der Waals surface area contributed by atoms with Gasteiger partial charge >= 0.3 is 0 Å². The van der Waals surface area contributed by atoms with E-state index in [4.69, 9.17) is 11.2 Å². The van der Waals surface area contributed by atoms with Crippen molar-refractivity contribution in [2.45, 2.75) is 26.7 Å². The van der Waals surface area contributed by atoms with Crippen molar-refractivity contribution in [3.8, 4) is 18.1 Å². The Balaban J connectivity index is 3.00. The number of terminal acetylenes is 1. The molecule has 1 unspecified atom stereocenters. The van der Waals surface area contributed by atoms with Gasteiger partial charge < -0.3 is 4.74 Å². The Bertz CT molecular complexity index is 348. The fraction of sp³-hybridized carbons (Fsp3) is 0.429. The molecule has 1 aromatic rings. The predicted octanol–water partition coefficient (Wildman–Crippen LogP) is 3.46. The van der Waals surface area contributed by atoms with E-state index in [0.717, 1.165) is 5.75 Å². The molecule has 0 bridgehead atoms. The smallest absolute Gasteiger partial charge is 0.118 e. The minimum atomic E-state index is 0.0866. The minimum Gasteiger partial charge on any atom is -0.497 e. The van der Waals surface area contributed by atoms with E-state index in [2.05, 4.69) is 26.7 Å². The van der Waals surface area contributed by atoms with E-state index in [1.54, 1.807) is 7.11 Å². The van der Waals surface area contributed by atoms with Crippen molar-refractivity contribution < 1.29 is 4.74 Å². The molecule has 0 radical (unpaired) electrons. The molecule has 1 heteroatoms. The van der Waals surface area contributed by atoms with Gasteiger partial charge in [-0.15, -0.1) is 6.42 Å². The van der Waals surface area contributed by atoms with Crippen LogP contribution in [0.5, 0.6) is 5.75 Å². The summed E-state index contributed by atoms with van der Waals surface area (Å²) < 4.78 is 5.12. The number of hydrogen-bond donors (Lipinski definition) is 0. The molecule has 0 aliphatic carbocycles. The Labute approximate surface area is 92.5 Å². The lowest BCUT2D eigenvalue weighted by atomic mass is 9.77.